The van der Waals surface area contributed by atoms with Crippen LogP contribution < -0.4 is 20.1 Å². The van der Waals surface area contributed by atoms with Gasteiger partial charge in [-0.25, -0.2) is 9.78 Å². The van der Waals surface area contributed by atoms with Gasteiger partial charge in [0.05, 0.1) is 18.9 Å². The largest absolute Gasteiger partial charge is 0.490 e. The highest BCUT2D eigenvalue weighted by Gasteiger charge is 2.09. The number of ether oxygens (including phenoxy) is 2. The highest BCUT2D eigenvalue weighted by atomic mass is 32.1. The Kier molecular flexibility index (Phi) is 7.40. The average molecular weight is 413 g/mol. The van der Waals surface area contributed by atoms with Gasteiger partial charge in [0, 0.05) is 29.9 Å². The van der Waals surface area contributed by atoms with Crippen molar-refractivity contribution in [1.29, 1.82) is 0 Å². The number of hydrogen-bond donors (Lipinski definition) is 2. The molecule has 2 heterocycles. The number of anilines is 1. The quantitative estimate of drug-likeness (QED) is 0.545. The first-order valence-electron chi connectivity index (χ1n) is 9.49. The lowest BCUT2D eigenvalue weighted by atomic mass is 10.1. The molecule has 2 aromatic heterocycles. The maximum atomic E-state index is 12.1. The zero-order valence-corrected chi connectivity index (χ0v) is 17.3. The number of benzene rings is 1. The van der Waals surface area contributed by atoms with E-state index >= 15 is 0 Å². The molecule has 2 amide bonds. The molecule has 2 N–H and O–H groups in total. The summed E-state index contributed by atoms with van der Waals surface area (Å²) >= 11 is 1.37. The lowest BCUT2D eigenvalue weighted by Crippen LogP contribution is -2.30. The van der Waals surface area contributed by atoms with Crippen molar-refractivity contribution in [3.8, 4) is 22.8 Å². The maximum Gasteiger partial charge on any atom is 0.321 e. The summed E-state index contributed by atoms with van der Waals surface area (Å²) in [6.07, 6.45) is 4.13. The molecule has 152 valence electrons. The molecular weight excluding hydrogens is 388 g/mol. The molecule has 3 aromatic rings. The van der Waals surface area contributed by atoms with E-state index in [4.69, 9.17) is 9.47 Å². The highest BCUT2D eigenvalue weighted by Crippen LogP contribution is 2.28. The van der Waals surface area contributed by atoms with E-state index in [1.807, 2.05) is 49.6 Å². The molecule has 0 aliphatic heterocycles. The van der Waals surface area contributed by atoms with E-state index in [0.29, 0.717) is 31.3 Å². The first kappa shape index (κ1) is 20.6. The topological polar surface area (TPSA) is 85.4 Å². The molecule has 0 bridgehead atoms. The fourth-order valence-corrected chi connectivity index (χ4v) is 3.41. The van der Waals surface area contributed by atoms with Crippen molar-refractivity contribution in [2.75, 3.05) is 25.1 Å². The molecule has 0 aliphatic carbocycles. The van der Waals surface area contributed by atoms with Crippen LogP contribution in [0.4, 0.5) is 9.93 Å². The van der Waals surface area contributed by atoms with E-state index in [1.54, 1.807) is 12.4 Å². The third kappa shape index (κ3) is 5.92. The van der Waals surface area contributed by atoms with E-state index < -0.39 is 0 Å². The fraction of sp³-hybridized carbons (Fsp3) is 0.286. The van der Waals surface area contributed by atoms with E-state index in [1.165, 1.54) is 11.3 Å². The molecule has 29 heavy (non-hydrogen) atoms. The monoisotopic (exact) mass is 412 g/mol. The normalized spacial score (nSPS) is 10.4. The molecular formula is C21H24N4O3S. The van der Waals surface area contributed by atoms with E-state index in [2.05, 4.69) is 20.6 Å². The van der Waals surface area contributed by atoms with Crippen LogP contribution in [0.15, 0.2) is 48.1 Å². The van der Waals surface area contributed by atoms with Crippen LogP contribution in [0.5, 0.6) is 11.5 Å². The lowest BCUT2D eigenvalue weighted by molar-refractivity contribution is 0.252. The second-order valence-electron chi connectivity index (χ2n) is 6.06. The van der Waals surface area contributed by atoms with Gasteiger partial charge in [-0.05, 0) is 50.1 Å². The Morgan fingerprint density at radius 2 is 1.97 bits per heavy atom. The van der Waals surface area contributed by atoms with Gasteiger partial charge in [0.25, 0.3) is 0 Å². The number of pyridine rings is 1. The maximum absolute atomic E-state index is 12.1. The molecule has 1 aromatic carbocycles. The summed E-state index contributed by atoms with van der Waals surface area (Å²) in [7, 11) is 0. The molecule has 8 heteroatoms. The number of carbonyl (C=O) groups excluding carboxylic acids is 1. The van der Waals surface area contributed by atoms with Crippen molar-refractivity contribution in [2.24, 2.45) is 0 Å². The van der Waals surface area contributed by atoms with Crippen LogP contribution in [0.25, 0.3) is 11.3 Å². The van der Waals surface area contributed by atoms with E-state index in [-0.39, 0.29) is 6.03 Å². The predicted octanol–water partition coefficient (Wildman–Crippen LogP) is 4.37. The van der Waals surface area contributed by atoms with Crippen LogP contribution in [-0.4, -0.2) is 35.8 Å². The number of rotatable bonds is 9. The van der Waals surface area contributed by atoms with Crippen molar-refractivity contribution >= 4 is 22.5 Å². The number of hydrogen-bond acceptors (Lipinski definition) is 6. The zero-order valence-electron chi connectivity index (χ0n) is 16.5. The Balaban J connectivity index is 1.50. The number of nitrogens with zero attached hydrogens (tertiary/aromatic N) is 2. The third-order valence-corrected chi connectivity index (χ3v) is 4.75. The van der Waals surface area contributed by atoms with Crippen LogP contribution in [-0.2, 0) is 6.42 Å². The average Bonchev–Trinajstić information content (AvgIpc) is 3.19. The van der Waals surface area contributed by atoms with Crippen molar-refractivity contribution in [1.82, 2.24) is 15.3 Å². The van der Waals surface area contributed by atoms with E-state index in [9.17, 15) is 4.79 Å². The minimum absolute atomic E-state index is 0.284. The van der Waals surface area contributed by atoms with Gasteiger partial charge >= 0.3 is 6.03 Å². The van der Waals surface area contributed by atoms with Gasteiger partial charge in [0.1, 0.15) is 0 Å². The summed E-state index contributed by atoms with van der Waals surface area (Å²) in [6, 6.07) is 9.34. The summed E-state index contributed by atoms with van der Waals surface area (Å²) in [5.41, 5.74) is 2.76. The number of nitrogens with one attached hydrogen (secondary N) is 2. The summed E-state index contributed by atoms with van der Waals surface area (Å²) in [5, 5.41) is 8.05. The lowest BCUT2D eigenvalue weighted by Gasteiger charge is -2.12. The number of urea groups is 1. The van der Waals surface area contributed by atoms with Gasteiger partial charge in [-0.1, -0.05) is 6.07 Å². The molecule has 7 nitrogen and oxygen atoms in total. The third-order valence-electron chi connectivity index (χ3n) is 3.99. The Bertz CT molecular complexity index is 931. The molecule has 0 atom stereocenters. The van der Waals surface area contributed by atoms with Gasteiger partial charge in [0.2, 0.25) is 0 Å². The first-order chi connectivity index (χ1) is 14.2. The summed E-state index contributed by atoms with van der Waals surface area (Å²) in [6.45, 7) is 5.52. The minimum atomic E-state index is -0.284. The van der Waals surface area contributed by atoms with Gasteiger partial charge in [-0.3, -0.25) is 10.3 Å². The molecule has 3 rings (SSSR count). The van der Waals surface area contributed by atoms with Crippen LogP contribution >= 0.6 is 11.3 Å². The van der Waals surface area contributed by atoms with Crippen molar-refractivity contribution < 1.29 is 14.3 Å². The standard InChI is InChI=1S/C21H24N4O3S/c1-3-27-18-8-7-15(12-19(18)28-4-2)9-11-23-20(26)25-21-24-17(14-29-21)16-6-5-10-22-13-16/h5-8,10,12-14H,3-4,9,11H2,1-2H3,(H2,23,24,25,26). The molecule has 0 unspecified atom stereocenters. The minimum Gasteiger partial charge on any atom is -0.490 e. The smallest absolute Gasteiger partial charge is 0.321 e. The van der Waals surface area contributed by atoms with Gasteiger partial charge < -0.3 is 14.8 Å². The molecule has 0 aliphatic rings. The molecule has 0 fully saturated rings. The second-order valence-corrected chi connectivity index (χ2v) is 6.92. The first-order valence-corrected chi connectivity index (χ1v) is 10.4. The number of carbonyl (C=O) groups is 1. The molecule has 0 radical (unpaired) electrons. The Labute approximate surface area is 174 Å². The van der Waals surface area contributed by atoms with Crippen LogP contribution in [0.2, 0.25) is 0 Å². The second kappa shape index (κ2) is 10.4. The zero-order chi connectivity index (χ0) is 20.5. The van der Waals surface area contributed by atoms with Gasteiger partial charge in [0.15, 0.2) is 16.6 Å². The summed E-state index contributed by atoms with van der Waals surface area (Å²) in [5.74, 6) is 1.46. The van der Waals surface area contributed by atoms with E-state index in [0.717, 1.165) is 28.3 Å². The van der Waals surface area contributed by atoms with Crippen molar-refractivity contribution in [2.45, 2.75) is 20.3 Å². The molecule has 0 spiro atoms. The summed E-state index contributed by atoms with van der Waals surface area (Å²) < 4.78 is 11.2. The Morgan fingerprint density at radius 3 is 2.72 bits per heavy atom. The number of aromatic nitrogens is 2. The highest BCUT2D eigenvalue weighted by molar-refractivity contribution is 7.14. The molecule has 0 saturated carbocycles. The van der Waals surface area contributed by atoms with Crippen molar-refractivity contribution in [3.63, 3.8) is 0 Å². The number of amides is 2. The fourth-order valence-electron chi connectivity index (χ4n) is 2.69. The van der Waals surface area contributed by atoms with Crippen LogP contribution in [0.1, 0.15) is 19.4 Å². The Morgan fingerprint density at radius 1 is 1.14 bits per heavy atom. The number of thiazole rings is 1. The van der Waals surface area contributed by atoms with Crippen LogP contribution in [0.3, 0.4) is 0 Å². The SMILES string of the molecule is CCOc1ccc(CCNC(=O)Nc2nc(-c3cccnc3)cs2)cc1OCC. The van der Waals surface area contributed by atoms with Gasteiger partial charge in [-0.2, -0.15) is 0 Å². The van der Waals surface area contributed by atoms with Gasteiger partial charge in [-0.15, -0.1) is 11.3 Å². The summed E-state index contributed by atoms with van der Waals surface area (Å²) in [4.78, 5) is 20.6. The molecule has 0 saturated heterocycles. The Hall–Kier alpha value is -3.13. The van der Waals surface area contributed by atoms with Crippen LogP contribution in [0, 0.1) is 0 Å². The predicted molar refractivity (Wildman–Crippen MR) is 115 cm³/mol. The van der Waals surface area contributed by atoms with Crippen molar-refractivity contribution in [3.05, 3.63) is 53.7 Å².